The number of rotatable bonds is 7. The van der Waals surface area contributed by atoms with Gasteiger partial charge in [-0.1, -0.05) is 0 Å². The minimum absolute atomic E-state index is 0.0867. The smallest absolute Gasteiger partial charge is 0.258 e. The Morgan fingerprint density at radius 2 is 1.75 bits per heavy atom. The van der Waals surface area contributed by atoms with E-state index in [1.54, 1.807) is 6.92 Å². The van der Waals surface area contributed by atoms with Gasteiger partial charge in [0.15, 0.2) is 6.61 Å². The number of hydrogen-bond donors (Lipinski definition) is 3. The van der Waals surface area contributed by atoms with Crippen molar-refractivity contribution >= 4 is 17.7 Å². The minimum Gasteiger partial charge on any atom is -0.484 e. The molecule has 0 unspecified atom stereocenters. The number of primary amides is 1. The molecule has 3 amide bonds. The molecule has 0 fully saturated rings. The third-order valence-corrected chi connectivity index (χ3v) is 2.33. The minimum atomic E-state index is -0.531. The first kappa shape index (κ1) is 15.5. The van der Waals surface area contributed by atoms with Crippen LogP contribution in [0.25, 0.3) is 0 Å². The third kappa shape index (κ3) is 5.38. The van der Waals surface area contributed by atoms with Crippen LogP contribution in [0.4, 0.5) is 0 Å². The van der Waals surface area contributed by atoms with Crippen molar-refractivity contribution in [3.63, 3.8) is 0 Å². The monoisotopic (exact) mass is 279 g/mol. The molecule has 4 N–H and O–H groups in total. The fourth-order valence-electron chi connectivity index (χ4n) is 1.35. The Bertz CT molecular complexity index is 485. The van der Waals surface area contributed by atoms with Crippen molar-refractivity contribution < 1.29 is 19.1 Å². The van der Waals surface area contributed by atoms with Crippen LogP contribution in [-0.2, 0) is 9.59 Å². The Hall–Kier alpha value is -2.57. The van der Waals surface area contributed by atoms with E-state index in [0.29, 0.717) is 17.9 Å². The Balaban J connectivity index is 2.33. The van der Waals surface area contributed by atoms with Crippen LogP contribution in [0, 0.1) is 0 Å². The molecular weight excluding hydrogens is 262 g/mol. The normalized spacial score (nSPS) is 9.65. The first-order chi connectivity index (χ1) is 9.52. The molecular formula is C13H17N3O4. The highest BCUT2D eigenvalue weighted by Crippen LogP contribution is 2.11. The molecule has 0 atom stereocenters. The average molecular weight is 279 g/mol. The lowest BCUT2D eigenvalue weighted by molar-refractivity contribution is -0.127. The highest BCUT2D eigenvalue weighted by atomic mass is 16.5. The summed E-state index contributed by atoms with van der Waals surface area (Å²) >= 11 is 0. The largest absolute Gasteiger partial charge is 0.484 e. The van der Waals surface area contributed by atoms with Crippen molar-refractivity contribution in [1.29, 1.82) is 0 Å². The number of hydrogen-bond acceptors (Lipinski definition) is 4. The van der Waals surface area contributed by atoms with Crippen LogP contribution in [0.5, 0.6) is 5.75 Å². The van der Waals surface area contributed by atoms with Crippen LogP contribution in [0.2, 0.25) is 0 Å². The number of ether oxygens (including phenoxy) is 1. The lowest BCUT2D eigenvalue weighted by Gasteiger charge is -2.07. The molecule has 0 heterocycles. The van der Waals surface area contributed by atoms with Crippen molar-refractivity contribution in [2.45, 2.75) is 6.92 Å². The maximum atomic E-state index is 11.4. The van der Waals surface area contributed by atoms with E-state index in [9.17, 15) is 14.4 Å². The second-order valence-electron chi connectivity index (χ2n) is 3.91. The molecule has 0 saturated heterocycles. The van der Waals surface area contributed by atoms with Crippen molar-refractivity contribution in [3.05, 3.63) is 29.8 Å². The number of carbonyl (C=O) groups excluding carboxylic acids is 3. The van der Waals surface area contributed by atoms with E-state index >= 15 is 0 Å². The summed E-state index contributed by atoms with van der Waals surface area (Å²) in [6.07, 6.45) is 0. The molecule has 0 aromatic heterocycles. The second kappa shape index (κ2) is 7.78. The molecule has 0 aliphatic carbocycles. The summed E-state index contributed by atoms with van der Waals surface area (Å²) in [5.41, 5.74) is 5.46. The number of amides is 3. The van der Waals surface area contributed by atoms with E-state index < -0.39 is 11.8 Å². The van der Waals surface area contributed by atoms with Crippen molar-refractivity contribution in [1.82, 2.24) is 10.6 Å². The summed E-state index contributed by atoms with van der Waals surface area (Å²) in [7, 11) is 0. The summed E-state index contributed by atoms with van der Waals surface area (Å²) in [6.45, 7) is 2.00. The second-order valence-corrected chi connectivity index (χ2v) is 3.91. The molecule has 1 aromatic carbocycles. The number of carbonyl (C=O) groups is 3. The standard InChI is InChI=1S/C13H17N3O4/c1-2-15-11(17)7-16-12(18)8-20-10-5-3-9(4-6-10)13(14)19/h3-6H,2,7-8H2,1H3,(H2,14,19)(H,15,17)(H,16,18). The lowest BCUT2D eigenvalue weighted by atomic mass is 10.2. The number of nitrogens with two attached hydrogens (primary N) is 1. The van der Waals surface area contributed by atoms with Gasteiger partial charge >= 0.3 is 0 Å². The van der Waals surface area contributed by atoms with E-state index in [1.165, 1.54) is 24.3 Å². The van der Waals surface area contributed by atoms with E-state index in [4.69, 9.17) is 10.5 Å². The first-order valence-corrected chi connectivity index (χ1v) is 6.09. The Morgan fingerprint density at radius 1 is 1.10 bits per heavy atom. The molecule has 1 rings (SSSR count). The predicted molar refractivity (Wildman–Crippen MR) is 72.1 cm³/mol. The number of likely N-dealkylation sites (N-methyl/N-ethyl adjacent to an activating group) is 1. The van der Waals surface area contributed by atoms with Gasteiger partial charge in [0.1, 0.15) is 5.75 Å². The van der Waals surface area contributed by atoms with Gasteiger partial charge in [-0.05, 0) is 31.2 Å². The van der Waals surface area contributed by atoms with Gasteiger partial charge in [0, 0.05) is 12.1 Å². The molecule has 0 aliphatic rings. The predicted octanol–water partition coefficient (Wildman–Crippen LogP) is -0.583. The van der Waals surface area contributed by atoms with Gasteiger partial charge in [0.05, 0.1) is 6.54 Å². The van der Waals surface area contributed by atoms with Crippen LogP contribution in [-0.4, -0.2) is 37.4 Å². The van der Waals surface area contributed by atoms with Gasteiger partial charge in [-0.15, -0.1) is 0 Å². The number of benzene rings is 1. The van der Waals surface area contributed by atoms with E-state index in [2.05, 4.69) is 10.6 Å². The molecule has 20 heavy (non-hydrogen) atoms. The summed E-state index contributed by atoms with van der Waals surface area (Å²) in [6, 6.07) is 6.09. The molecule has 0 saturated carbocycles. The Kier molecular flexibility index (Phi) is 6.02. The lowest BCUT2D eigenvalue weighted by Crippen LogP contribution is -2.38. The summed E-state index contributed by atoms with van der Waals surface area (Å²) in [4.78, 5) is 33.4. The fourth-order valence-corrected chi connectivity index (χ4v) is 1.35. The highest BCUT2D eigenvalue weighted by molar-refractivity contribution is 5.92. The molecule has 7 nitrogen and oxygen atoms in total. The van der Waals surface area contributed by atoms with Gasteiger partial charge in [-0.25, -0.2) is 0 Å². The molecule has 1 aromatic rings. The van der Waals surface area contributed by atoms with Crippen LogP contribution >= 0.6 is 0 Å². The zero-order valence-electron chi connectivity index (χ0n) is 11.1. The molecule has 7 heteroatoms. The van der Waals surface area contributed by atoms with Crippen LogP contribution < -0.4 is 21.1 Å². The maximum absolute atomic E-state index is 11.4. The van der Waals surface area contributed by atoms with Gasteiger partial charge in [-0.3, -0.25) is 14.4 Å². The third-order valence-electron chi connectivity index (χ3n) is 2.33. The maximum Gasteiger partial charge on any atom is 0.258 e. The Labute approximate surface area is 116 Å². The Morgan fingerprint density at radius 3 is 2.30 bits per heavy atom. The van der Waals surface area contributed by atoms with Crippen LogP contribution in [0.3, 0.4) is 0 Å². The molecule has 0 aliphatic heterocycles. The summed E-state index contributed by atoms with van der Waals surface area (Å²) < 4.78 is 5.20. The molecule has 0 radical (unpaired) electrons. The quantitative estimate of drug-likeness (QED) is 0.620. The van der Waals surface area contributed by atoms with Gasteiger partial charge in [0.2, 0.25) is 11.8 Å². The fraction of sp³-hybridized carbons (Fsp3) is 0.308. The van der Waals surface area contributed by atoms with Crippen LogP contribution in [0.1, 0.15) is 17.3 Å². The van der Waals surface area contributed by atoms with Gasteiger partial charge in [-0.2, -0.15) is 0 Å². The topological polar surface area (TPSA) is 111 Å². The molecule has 108 valence electrons. The molecule has 0 spiro atoms. The van der Waals surface area contributed by atoms with E-state index in [0.717, 1.165) is 0 Å². The first-order valence-electron chi connectivity index (χ1n) is 6.09. The highest BCUT2D eigenvalue weighted by Gasteiger charge is 2.06. The van der Waals surface area contributed by atoms with E-state index in [1.807, 2.05) is 0 Å². The zero-order chi connectivity index (χ0) is 15.0. The van der Waals surface area contributed by atoms with Crippen molar-refractivity contribution in [3.8, 4) is 5.75 Å². The summed E-state index contributed by atoms with van der Waals surface area (Å²) in [5.74, 6) is -0.763. The zero-order valence-corrected chi connectivity index (χ0v) is 11.1. The molecule has 0 bridgehead atoms. The van der Waals surface area contributed by atoms with E-state index in [-0.39, 0.29) is 19.1 Å². The average Bonchev–Trinajstić information content (AvgIpc) is 2.43. The van der Waals surface area contributed by atoms with Crippen LogP contribution in [0.15, 0.2) is 24.3 Å². The van der Waals surface area contributed by atoms with Crippen molar-refractivity contribution in [2.75, 3.05) is 19.7 Å². The summed E-state index contributed by atoms with van der Waals surface area (Å²) in [5, 5.41) is 4.97. The SMILES string of the molecule is CCNC(=O)CNC(=O)COc1ccc(C(N)=O)cc1. The van der Waals surface area contributed by atoms with Crippen molar-refractivity contribution in [2.24, 2.45) is 5.73 Å². The van der Waals surface area contributed by atoms with Gasteiger partial charge < -0.3 is 21.1 Å². The number of nitrogens with one attached hydrogen (secondary N) is 2. The van der Waals surface area contributed by atoms with Gasteiger partial charge in [0.25, 0.3) is 5.91 Å².